The van der Waals surface area contributed by atoms with Crippen LogP contribution in [0.3, 0.4) is 0 Å². The predicted molar refractivity (Wildman–Crippen MR) is 103 cm³/mol. The van der Waals surface area contributed by atoms with Gasteiger partial charge in [-0.05, 0) is 56.9 Å². The number of rotatable bonds is 11. The Morgan fingerprint density at radius 1 is 1.04 bits per heavy atom. The van der Waals surface area contributed by atoms with Gasteiger partial charge in [0.1, 0.15) is 0 Å². The van der Waals surface area contributed by atoms with Crippen molar-refractivity contribution in [2.24, 2.45) is 11.8 Å². The van der Waals surface area contributed by atoms with E-state index >= 15 is 0 Å². The lowest BCUT2D eigenvalue weighted by Gasteiger charge is -2.32. The van der Waals surface area contributed by atoms with Gasteiger partial charge in [0, 0.05) is 6.04 Å². The van der Waals surface area contributed by atoms with Crippen molar-refractivity contribution in [2.75, 3.05) is 6.54 Å². The lowest BCUT2D eigenvalue weighted by molar-refractivity contribution is 0.113. The maximum Gasteiger partial charge on any atom is 0.0555 e. The molecule has 0 saturated heterocycles. The lowest BCUT2D eigenvalue weighted by Crippen LogP contribution is -2.40. The molecule has 1 saturated carbocycles. The molecular formula is C20H45NO2. The largest absolute Gasteiger partial charge is 0.412 e. The molecule has 1 aliphatic rings. The predicted octanol–water partition coefficient (Wildman–Crippen LogP) is 4.71. The van der Waals surface area contributed by atoms with Gasteiger partial charge in [-0.3, -0.25) is 0 Å². The van der Waals surface area contributed by atoms with Gasteiger partial charge in [-0.15, -0.1) is 0 Å². The molecule has 1 fully saturated rings. The van der Waals surface area contributed by atoms with Crippen molar-refractivity contribution in [1.82, 2.24) is 5.32 Å². The highest BCUT2D eigenvalue weighted by molar-refractivity contribution is 4.81. The SMILES string of the molecule is C.CCCCCNC(CC(O)CCC(C)C)C1CCCCC1.O. The van der Waals surface area contributed by atoms with Crippen LogP contribution in [-0.2, 0) is 0 Å². The molecule has 0 radical (unpaired) electrons. The zero-order chi connectivity index (χ0) is 15.5. The normalized spacial score (nSPS) is 18.1. The Labute approximate surface area is 145 Å². The van der Waals surface area contributed by atoms with Gasteiger partial charge in [0.25, 0.3) is 0 Å². The highest BCUT2D eigenvalue weighted by atomic mass is 16.3. The van der Waals surface area contributed by atoms with Gasteiger partial charge in [-0.1, -0.05) is 60.3 Å². The Kier molecular flexibility index (Phi) is 16.8. The molecule has 2 atom stereocenters. The molecule has 4 N–H and O–H groups in total. The van der Waals surface area contributed by atoms with Crippen molar-refractivity contribution in [2.45, 2.75) is 111 Å². The van der Waals surface area contributed by atoms with Crippen LogP contribution in [0.1, 0.15) is 98.8 Å². The molecule has 1 rings (SSSR count). The second kappa shape index (κ2) is 15.4. The third kappa shape index (κ3) is 12.0. The molecule has 142 valence electrons. The van der Waals surface area contributed by atoms with Crippen LogP contribution in [0.25, 0.3) is 0 Å². The Bertz CT molecular complexity index is 240. The van der Waals surface area contributed by atoms with Crippen LogP contribution in [0.4, 0.5) is 0 Å². The van der Waals surface area contributed by atoms with Crippen LogP contribution in [0.2, 0.25) is 0 Å². The third-order valence-corrected chi connectivity index (χ3v) is 5.01. The summed E-state index contributed by atoms with van der Waals surface area (Å²) >= 11 is 0. The summed E-state index contributed by atoms with van der Waals surface area (Å²) in [5.41, 5.74) is 0. The van der Waals surface area contributed by atoms with E-state index in [-0.39, 0.29) is 19.0 Å². The Hall–Kier alpha value is -0.120. The van der Waals surface area contributed by atoms with Crippen molar-refractivity contribution in [1.29, 1.82) is 0 Å². The van der Waals surface area contributed by atoms with Gasteiger partial charge < -0.3 is 15.9 Å². The molecule has 0 aromatic heterocycles. The first-order valence-electron chi connectivity index (χ1n) is 9.55. The number of hydrogen-bond acceptors (Lipinski definition) is 2. The summed E-state index contributed by atoms with van der Waals surface area (Å²) in [5, 5.41) is 14.1. The molecular weight excluding hydrogens is 286 g/mol. The molecule has 0 heterocycles. The number of aliphatic hydroxyl groups is 1. The van der Waals surface area contributed by atoms with Gasteiger partial charge in [0.2, 0.25) is 0 Å². The Morgan fingerprint density at radius 3 is 2.26 bits per heavy atom. The summed E-state index contributed by atoms with van der Waals surface area (Å²) in [6.07, 6.45) is 13.8. The molecule has 0 spiro atoms. The second-order valence-corrected chi connectivity index (χ2v) is 7.53. The first kappa shape index (κ1) is 25.1. The van der Waals surface area contributed by atoms with E-state index in [9.17, 15) is 5.11 Å². The molecule has 0 amide bonds. The fraction of sp³-hybridized carbons (Fsp3) is 1.00. The maximum absolute atomic E-state index is 10.4. The first-order chi connectivity index (χ1) is 10.1. The van der Waals surface area contributed by atoms with Crippen molar-refractivity contribution in [3.8, 4) is 0 Å². The quantitative estimate of drug-likeness (QED) is 0.538. The molecule has 0 bridgehead atoms. The van der Waals surface area contributed by atoms with E-state index in [0.717, 1.165) is 31.7 Å². The van der Waals surface area contributed by atoms with Crippen molar-refractivity contribution >= 4 is 0 Å². The number of unbranched alkanes of at least 4 members (excludes halogenated alkanes) is 2. The van der Waals surface area contributed by atoms with Crippen LogP contribution >= 0.6 is 0 Å². The van der Waals surface area contributed by atoms with Gasteiger partial charge in [-0.2, -0.15) is 0 Å². The molecule has 3 nitrogen and oxygen atoms in total. The van der Waals surface area contributed by atoms with Crippen molar-refractivity contribution in [3.05, 3.63) is 0 Å². The summed E-state index contributed by atoms with van der Waals surface area (Å²) in [5.74, 6) is 1.50. The average molecular weight is 332 g/mol. The maximum atomic E-state index is 10.4. The molecule has 23 heavy (non-hydrogen) atoms. The third-order valence-electron chi connectivity index (χ3n) is 5.01. The van der Waals surface area contributed by atoms with Gasteiger partial charge in [0.15, 0.2) is 0 Å². The van der Waals surface area contributed by atoms with Crippen molar-refractivity contribution < 1.29 is 10.6 Å². The Morgan fingerprint density at radius 2 is 1.70 bits per heavy atom. The summed E-state index contributed by atoms with van der Waals surface area (Å²) in [7, 11) is 0. The number of nitrogens with one attached hydrogen (secondary N) is 1. The van der Waals surface area contributed by atoms with E-state index in [4.69, 9.17) is 0 Å². The monoisotopic (exact) mass is 331 g/mol. The molecule has 2 unspecified atom stereocenters. The molecule has 0 aliphatic heterocycles. The molecule has 1 aliphatic carbocycles. The van der Waals surface area contributed by atoms with Crippen LogP contribution in [0.15, 0.2) is 0 Å². The van der Waals surface area contributed by atoms with Crippen LogP contribution < -0.4 is 5.32 Å². The summed E-state index contributed by atoms with van der Waals surface area (Å²) in [6, 6.07) is 0.546. The smallest absolute Gasteiger partial charge is 0.0555 e. The zero-order valence-corrected chi connectivity index (χ0v) is 15.2. The van der Waals surface area contributed by atoms with E-state index in [1.807, 2.05) is 0 Å². The number of hydrogen-bond donors (Lipinski definition) is 2. The van der Waals surface area contributed by atoms with E-state index in [2.05, 4.69) is 26.1 Å². The Balaban J connectivity index is 0. The first-order valence-corrected chi connectivity index (χ1v) is 9.55. The standard InChI is InChI=1S/C19H39NO.CH4.H2O/c1-4-5-9-14-20-19(17-10-7-6-8-11-17)15-18(21)13-12-16(2)3;;/h16-21H,4-15H2,1-3H3;1H4;1H2. The van der Waals surface area contributed by atoms with Gasteiger partial charge in [-0.25, -0.2) is 0 Å². The highest BCUT2D eigenvalue weighted by Gasteiger charge is 2.25. The number of aliphatic hydroxyl groups excluding tert-OH is 1. The van der Waals surface area contributed by atoms with Crippen LogP contribution in [0, 0.1) is 11.8 Å². The molecule has 0 aromatic rings. The van der Waals surface area contributed by atoms with Crippen LogP contribution in [-0.4, -0.2) is 29.3 Å². The topological polar surface area (TPSA) is 63.8 Å². The summed E-state index contributed by atoms with van der Waals surface area (Å²) in [6.45, 7) is 7.88. The summed E-state index contributed by atoms with van der Waals surface area (Å²) in [4.78, 5) is 0. The van der Waals surface area contributed by atoms with Gasteiger partial charge in [0.05, 0.1) is 6.10 Å². The average Bonchev–Trinajstić information content (AvgIpc) is 2.49. The van der Waals surface area contributed by atoms with Gasteiger partial charge >= 0.3 is 0 Å². The van der Waals surface area contributed by atoms with E-state index in [0.29, 0.717) is 12.0 Å². The van der Waals surface area contributed by atoms with Crippen molar-refractivity contribution in [3.63, 3.8) is 0 Å². The van der Waals surface area contributed by atoms with E-state index < -0.39 is 0 Å². The highest BCUT2D eigenvalue weighted by Crippen LogP contribution is 2.29. The lowest BCUT2D eigenvalue weighted by atomic mass is 9.81. The minimum atomic E-state index is -0.113. The van der Waals surface area contributed by atoms with E-state index in [1.165, 1.54) is 51.4 Å². The molecule has 0 aromatic carbocycles. The second-order valence-electron chi connectivity index (χ2n) is 7.53. The van der Waals surface area contributed by atoms with Crippen LogP contribution in [0.5, 0.6) is 0 Å². The molecule has 3 heteroatoms. The van der Waals surface area contributed by atoms with E-state index in [1.54, 1.807) is 0 Å². The minimum absolute atomic E-state index is 0. The minimum Gasteiger partial charge on any atom is -0.412 e. The summed E-state index contributed by atoms with van der Waals surface area (Å²) < 4.78 is 0. The zero-order valence-electron chi connectivity index (χ0n) is 15.2. The fourth-order valence-corrected chi connectivity index (χ4v) is 3.58. The fourth-order valence-electron chi connectivity index (χ4n) is 3.58.